The first-order valence-electron chi connectivity index (χ1n) is 9.27. The number of piperazine rings is 1. The molecule has 0 spiro atoms. The third-order valence-electron chi connectivity index (χ3n) is 5.01. The Morgan fingerprint density at radius 3 is 2.39 bits per heavy atom. The fourth-order valence-corrected chi connectivity index (χ4v) is 3.25. The quantitative estimate of drug-likeness (QED) is 0.585. The van der Waals surface area contributed by atoms with E-state index < -0.39 is 12.2 Å². The van der Waals surface area contributed by atoms with Gasteiger partial charge in [0.05, 0.1) is 14.2 Å². The predicted molar refractivity (Wildman–Crippen MR) is 103 cm³/mol. The molecule has 9 heteroatoms. The third-order valence-corrected chi connectivity index (χ3v) is 5.01. The summed E-state index contributed by atoms with van der Waals surface area (Å²) >= 11 is 0. The molecule has 2 rings (SSSR count). The summed E-state index contributed by atoms with van der Waals surface area (Å²) in [6.07, 6.45) is -3.50. The lowest BCUT2D eigenvalue weighted by atomic mass is 10.1. The van der Waals surface area contributed by atoms with Crippen LogP contribution in [0.25, 0.3) is 0 Å². The lowest BCUT2D eigenvalue weighted by Gasteiger charge is -2.39. The average molecular weight is 402 g/mol. The summed E-state index contributed by atoms with van der Waals surface area (Å²) in [4.78, 5) is 7.72. The Hall–Kier alpha value is -2.16. The molecular weight excluding hydrogens is 373 g/mol. The standard InChI is InChI=1S/C19H29F3N4O2/c1-14(19(20,21)22)25-9-11-26(12-10-25)18(23-2)24-8-7-15-13-16(27-3)5-6-17(15)28-4/h5-6,13-14H,7-12H2,1-4H3,(H,23,24). The van der Waals surface area contributed by atoms with Crippen molar-refractivity contribution in [1.82, 2.24) is 15.1 Å². The SMILES string of the molecule is CN=C(NCCc1cc(OC)ccc1OC)N1CCN(C(C)C(F)(F)F)CC1. The first-order chi connectivity index (χ1) is 13.3. The van der Waals surface area contributed by atoms with Crippen LogP contribution in [0.1, 0.15) is 12.5 Å². The molecule has 1 aliphatic heterocycles. The zero-order chi connectivity index (χ0) is 20.7. The summed E-state index contributed by atoms with van der Waals surface area (Å²) in [6.45, 7) is 3.54. The normalized spacial score (nSPS) is 17.4. The van der Waals surface area contributed by atoms with Crippen molar-refractivity contribution in [2.75, 3.05) is 54.0 Å². The van der Waals surface area contributed by atoms with E-state index >= 15 is 0 Å². The Bertz CT molecular complexity index is 659. The zero-order valence-electron chi connectivity index (χ0n) is 16.8. The minimum atomic E-state index is -4.20. The number of aliphatic imine (C=N–C) groups is 1. The van der Waals surface area contributed by atoms with Crippen LogP contribution in [0.2, 0.25) is 0 Å². The topological polar surface area (TPSA) is 49.3 Å². The molecule has 1 unspecified atom stereocenters. The number of nitrogens with zero attached hydrogens (tertiary/aromatic N) is 3. The Balaban J connectivity index is 1.88. The highest BCUT2D eigenvalue weighted by atomic mass is 19.4. The molecule has 158 valence electrons. The second-order valence-electron chi connectivity index (χ2n) is 6.64. The smallest absolute Gasteiger partial charge is 0.403 e. The van der Waals surface area contributed by atoms with E-state index in [9.17, 15) is 13.2 Å². The minimum Gasteiger partial charge on any atom is -0.497 e. The molecule has 6 nitrogen and oxygen atoms in total. The van der Waals surface area contributed by atoms with Gasteiger partial charge in [-0.05, 0) is 37.1 Å². The summed E-state index contributed by atoms with van der Waals surface area (Å²) in [5.41, 5.74) is 1.01. The highest BCUT2D eigenvalue weighted by molar-refractivity contribution is 5.80. The van der Waals surface area contributed by atoms with Gasteiger partial charge in [-0.2, -0.15) is 13.2 Å². The van der Waals surface area contributed by atoms with Crippen molar-refractivity contribution in [1.29, 1.82) is 0 Å². The van der Waals surface area contributed by atoms with Gasteiger partial charge in [0.2, 0.25) is 0 Å². The van der Waals surface area contributed by atoms with Gasteiger partial charge < -0.3 is 19.7 Å². The summed E-state index contributed by atoms with van der Waals surface area (Å²) in [6, 6.07) is 4.21. The lowest BCUT2D eigenvalue weighted by molar-refractivity contribution is -0.181. The van der Waals surface area contributed by atoms with Crippen molar-refractivity contribution in [3.05, 3.63) is 23.8 Å². The van der Waals surface area contributed by atoms with Crippen LogP contribution in [-0.2, 0) is 6.42 Å². The van der Waals surface area contributed by atoms with Gasteiger partial charge >= 0.3 is 6.18 Å². The largest absolute Gasteiger partial charge is 0.497 e. The predicted octanol–water partition coefficient (Wildman–Crippen LogP) is 2.39. The number of hydrogen-bond donors (Lipinski definition) is 1. The molecule has 0 amide bonds. The number of halogens is 3. The molecular formula is C19H29F3N4O2. The third kappa shape index (κ3) is 5.67. The summed E-state index contributed by atoms with van der Waals surface area (Å²) < 4.78 is 49.3. The Morgan fingerprint density at radius 1 is 1.18 bits per heavy atom. The molecule has 1 aliphatic rings. The van der Waals surface area contributed by atoms with Crippen LogP contribution in [0.5, 0.6) is 11.5 Å². The molecule has 1 fully saturated rings. The Labute approximate surface area is 164 Å². The molecule has 1 atom stereocenters. The highest BCUT2D eigenvalue weighted by Gasteiger charge is 2.41. The monoisotopic (exact) mass is 402 g/mol. The van der Waals surface area contributed by atoms with Crippen molar-refractivity contribution in [2.24, 2.45) is 4.99 Å². The molecule has 0 radical (unpaired) electrons. The molecule has 0 bridgehead atoms. The van der Waals surface area contributed by atoms with Crippen LogP contribution >= 0.6 is 0 Å². The summed E-state index contributed by atoms with van der Waals surface area (Å²) in [5, 5.41) is 3.29. The number of ether oxygens (including phenoxy) is 2. The molecule has 1 saturated heterocycles. The van der Waals surface area contributed by atoms with E-state index in [2.05, 4.69) is 10.3 Å². The van der Waals surface area contributed by atoms with Gasteiger partial charge in [-0.1, -0.05) is 0 Å². The maximum absolute atomic E-state index is 12.9. The number of nitrogens with one attached hydrogen (secondary N) is 1. The zero-order valence-corrected chi connectivity index (χ0v) is 16.8. The molecule has 1 N–H and O–H groups in total. The van der Waals surface area contributed by atoms with Crippen molar-refractivity contribution < 1.29 is 22.6 Å². The molecule has 1 heterocycles. The van der Waals surface area contributed by atoms with Gasteiger partial charge in [0.15, 0.2) is 5.96 Å². The van der Waals surface area contributed by atoms with Gasteiger partial charge in [-0.15, -0.1) is 0 Å². The average Bonchev–Trinajstić information content (AvgIpc) is 2.70. The minimum absolute atomic E-state index is 0.352. The van der Waals surface area contributed by atoms with Gasteiger partial charge in [0.25, 0.3) is 0 Å². The Morgan fingerprint density at radius 2 is 1.86 bits per heavy atom. The van der Waals surface area contributed by atoms with Gasteiger partial charge in [0.1, 0.15) is 17.5 Å². The molecule has 1 aromatic rings. The molecule has 0 saturated carbocycles. The molecule has 28 heavy (non-hydrogen) atoms. The first-order valence-corrected chi connectivity index (χ1v) is 9.27. The van der Waals surface area contributed by atoms with Crippen molar-refractivity contribution in [3.8, 4) is 11.5 Å². The number of hydrogen-bond acceptors (Lipinski definition) is 4. The van der Waals surface area contributed by atoms with E-state index in [0.717, 1.165) is 17.1 Å². The summed E-state index contributed by atoms with van der Waals surface area (Å²) in [7, 11) is 4.92. The van der Waals surface area contributed by atoms with Crippen molar-refractivity contribution in [2.45, 2.75) is 25.6 Å². The maximum atomic E-state index is 12.9. The number of rotatable bonds is 6. The van der Waals surface area contributed by atoms with Gasteiger partial charge in [-0.25, -0.2) is 0 Å². The van der Waals surface area contributed by atoms with Gasteiger partial charge in [0, 0.05) is 39.8 Å². The fraction of sp³-hybridized carbons (Fsp3) is 0.632. The first kappa shape index (κ1) is 22.1. The van der Waals surface area contributed by atoms with Crippen LogP contribution in [0.3, 0.4) is 0 Å². The fourth-order valence-electron chi connectivity index (χ4n) is 3.25. The van der Waals surface area contributed by atoms with E-state index in [4.69, 9.17) is 9.47 Å². The Kier molecular flexibility index (Phi) is 7.79. The second-order valence-corrected chi connectivity index (χ2v) is 6.64. The summed E-state index contributed by atoms with van der Waals surface area (Å²) in [5.74, 6) is 2.24. The number of alkyl halides is 3. The van der Waals surface area contributed by atoms with Crippen LogP contribution in [0.15, 0.2) is 23.2 Å². The number of methoxy groups -OCH3 is 2. The van der Waals surface area contributed by atoms with Crippen molar-refractivity contribution >= 4 is 5.96 Å². The van der Waals surface area contributed by atoms with E-state index in [1.807, 2.05) is 23.1 Å². The van der Waals surface area contributed by atoms with Crippen LogP contribution in [-0.4, -0.2) is 82.0 Å². The second kappa shape index (κ2) is 9.86. The van der Waals surface area contributed by atoms with E-state index in [-0.39, 0.29) is 0 Å². The highest BCUT2D eigenvalue weighted by Crippen LogP contribution is 2.25. The van der Waals surface area contributed by atoms with Gasteiger partial charge in [-0.3, -0.25) is 9.89 Å². The van der Waals surface area contributed by atoms with E-state index in [1.165, 1.54) is 11.8 Å². The maximum Gasteiger partial charge on any atom is 0.403 e. The lowest BCUT2D eigenvalue weighted by Crippen LogP contribution is -2.56. The van der Waals surface area contributed by atoms with Crippen LogP contribution < -0.4 is 14.8 Å². The number of guanidine groups is 1. The van der Waals surface area contributed by atoms with E-state index in [1.54, 1.807) is 21.3 Å². The molecule has 1 aromatic carbocycles. The molecule has 0 aromatic heterocycles. The van der Waals surface area contributed by atoms with Crippen LogP contribution in [0.4, 0.5) is 13.2 Å². The molecule has 0 aliphatic carbocycles. The van der Waals surface area contributed by atoms with Crippen molar-refractivity contribution in [3.63, 3.8) is 0 Å². The number of benzene rings is 1. The van der Waals surface area contributed by atoms with Crippen LogP contribution in [0, 0.1) is 0 Å². The van der Waals surface area contributed by atoms with E-state index in [0.29, 0.717) is 45.1 Å².